The SMILES string of the molecule is Cc1csc(CNC(C)CC(O)c2cccs2)n1. The zero-order chi connectivity index (χ0) is 13.0. The van der Waals surface area contributed by atoms with Gasteiger partial charge >= 0.3 is 0 Å². The van der Waals surface area contributed by atoms with Crippen LogP contribution in [0, 0.1) is 6.92 Å². The molecule has 2 aromatic heterocycles. The Bertz CT molecular complexity index is 467. The second-order valence-corrected chi connectivity index (χ2v) is 6.35. The average molecular weight is 282 g/mol. The third kappa shape index (κ3) is 3.88. The van der Waals surface area contributed by atoms with Gasteiger partial charge in [0.2, 0.25) is 0 Å². The second-order valence-electron chi connectivity index (χ2n) is 4.43. The van der Waals surface area contributed by atoms with E-state index in [0.717, 1.165) is 28.5 Å². The van der Waals surface area contributed by atoms with Gasteiger partial charge in [0, 0.05) is 28.5 Å². The number of hydrogen-bond donors (Lipinski definition) is 2. The van der Waals surface area contributed by atoms with Gasteiger partial charge in [-0.3, -0.25) is 0 Å². The molecule has 0 aliphatic rings. The summed E-state index contributed by atoms with van der Waals surface area (Å²) in [6.07, 6.45) is 0.357. The van der Waals surface area contributed by atoms with Crippen LogP contribution in [0.5, 0.6) is 0 Å². The zero-order valence-electron chi connectivity index (χ0n) is 10.6. The first-order chi connectivity index (χ1) is 8.65. The van der Waals surface area contributed by atoms with Crippen molar-refractivity contribution < 1.29 is 5.11 Å². The van der Waals surface area contributed by atoms with Crippen LogP contribution in [0.3, 0.4) is 0 Å². The molecular weight excluding hydrogens is 264 g/mol. The molecular formula is C13H18N2OS2. The molecule has 0 fully saturated rings. The molecule has 0 aromatic carbocycles. The Morgan fingerprint density at radius 3 is 2.89 bits per heavy atom. The summed E-state index contributed by atoms with van der Waals surface area (Å²) in [5.74, 6) is 0. The number of aliphatic hydroxyl groups excluding tert-OH is 1. The molecule has 2 heterocycles. The lowest BCUT2D eigenvalue weighted by molar-refractivity contribution is 0.157. The van der Waals surface area contributed by atoms with E-state index in [0.29, 0.717) is 0 Å². The van der Waals surface area contributed by atoms with Crippen molar-refractivity contribution in [2.24, 2.45) is 0 Å². The minimum Gasteiger partial charge on any atom is -0.388 e. The second kappa shape index (κ2) is 6.43. The Hall–Kier alpha value is -0.750. The van der Waals surface area contributed by atoms with Crippen LogP contribution >= 0.6 is 22.7 Å². The Labute approximate surface area is 116 Å². The summed E-state index contributed by atoms with van der Waals surface area (Å²) in [6.45, 7) is 4.87. The van der Waals surface area contributed by atoms with Gasteiger partial charge in [0.05, 0.1) is 6.10 Å². The first-order valence-corrected chi connectivity index (χ1v) is 7.77. The summed E-state index contributed by atoms with van der Waals surface area (Å²) in [5, 5.41) is 18.6. The highest BCUT2D eigenvalue weighted by Gasteiger charge is 2.13. The molecule has 0 bridgehead atoms. The number of nitrogens with one attached hydrogen (secondary N) is 1. The van der Waals surface area contributed by atoms with Crippen molar-refractivity contribution in [3.05, 3.63) is 38.5 Å². The van der Waals surface area contributed by atoms with Gasteiger partial charge in [0.25, 0.3) is 0 Å². The van der Waals surface area contributed by atoms with E-state index in [9.17, 15) is 5.11 Å². The smallest absolute Gasteiger partial charge is 0.107 e. The van der Waals surface area contributed by atoms with E-state index in [1.807, 2.05) is 24.4 Å². The largest absolute Gasteiger partial charge is 0.388 e. The molecule has 98 valence electrons. The van der Waals surface area contributed by atoms with Gasteiger partial charge in [-0.15, -0.1) is 22.7 Å². The van der Waals surface area contributed by atoms with Crippen molar-refractivity contribution in [3.63, 3.8) is 0 Å². The normalized spacial score (nSPS) is 14.6. The number of thiophene rings is 1. The van der Waals surface area contributed by atoms with E-state index in [1.54, 1.807) is 22.7 Å². The molecule has 18 heavy (non-hydrogen) atoms. The molecule has 0 aliphatic heterocycles. The van der Waals surface area contributed by atoms with Crippen molar-refractivity contribution >= 4 is 22.7 Å². The molecule has 0 spiro atoms. The summed E-state index contributed by atoms with van der Waals surface area (Å²) < 4.78 is 0. The monoisotopic (exact) mass is 282 g/mol. The van der Waals surface area contributed by atoms with Gasteiger partial charge in [-0.25, -0.2) is 4.98 Å². The van der Waals surface area contributed by atoms with Crippen LogP contribution in [-0.2, 0) is 6.54 Å². The fraction of sp³-hybridized carbons (Fsp3) is 0.462. The van der Waals surface area contributed by atoms with Crippen molar-refractivity contribution in [2.45, 2.75) is 39.0 Å². The highest BCUT2D eigenvalue weighted by molar-refractivity contribution is 7.10. The molecule has 0 radical (unpaired) electrons. The van der Waals surface area contributed by atoms with Gasteiger partial charge in [0.15, 0.2) is 0 Å². The maximum Gasteiger partial charge on any atom is 0.107 e. The first-order valence-electron chi connectivity index (χ1n) is 6.01. The third-order valence-corrected chi connectivity index (χ3v) is 4.66. The maximum absolute atomic E-state index is 10.0. The van der Waals surface area contributed by atoms with Crippen LogP contribution in [0.4, 0.5) is 0 Å². The lowest BCUT2D eigenvalue weighted by Gasteiger charge is -2.16. The Kier molecular flexibility index (Phi) is 4.88. The molecule has 0 amide bonds. The summed E-state index contributed by atoms with van der Waals surface area (Å²) >= 11 is 3.28. The van der Waals surface area contributed by atoms with Gasteiger partial charge in [0.1, 0.15) is 5.01 Å². The number of aryl methyl sites for hydroxylation is 1. The molecule has 2 unspecified atom stereocenters. The lowest BCUT2D eigenvalue weighted by atomic mass is 10.1. The molecule has 2 rings (SSSR count). The Balaban J connectivity index is 1.76. The molecule has 0 aliphatic carbocycles. The van der Waals surface area contributed by atoms with Crippen LogP contribution in [0.2, 0.25) is 0 Å². The number of thiazole rings is 1. The van der Waals surface area contributed by atoms with Crippen LogP contribution in [0.15, 0.2) is 22.9 Å². The van der Waals surface area contributed by atoms with Gasteiger partial charge in [-0.2, -0.15) is 0 Å². The fourth-order valence-electron chi connectivity index (χ4n) is 1.76. The fourth-order valence-corrected chi connectivity index (χ4v) is 3.21. The minimum atomic E-state index is -0.370. The van der Waals surface area contributed by atoms with Crippen molar-refractivity contribution in [2.75, 3.05) is 0 Å². The molecule has 2 N–H and O–H groups in total. The van der Waals surface area contributed by atoms with Crippen LogP contribution < -0.4 is 5.32 Å². The number of hydrogen-bond acceptors (Lipinski definition) is 5. The summed E-state index contributed by atoms with van der Waals surface area (Å²) in [6, 6.07) is 4.22. The highest BCUT2D eigenvalue weighted by Crippen LogP contribution is 2.22. The van der Waals surface area contributed by atoms with E-state index in [4.69, 9.17) is 0 Å². The molecule has 3 nitrogen and oxygen atoms in total. The number of rotatable bonds is 6. The quantitative estimate of drug-likeness (QED) is 0.855. The molecule has 2 aromatic rings. The summed E-state index contributed by atoms with van der Waals surface area (Å²) in [5.41, 5.74) is 1.07. The van der Waals surface area contributed by atoms with Crippen molar-refractivity contribution in [1.82, 2.24) is 10.3 Å². The van der Waals surface area contributed by atoms with Gasteiger partial charge < -0.3 is 10.4 Å². The highest BCUT2D eigenvalue weighted by atomic mass is 32.1. The van der Waals surface area contributed by atoms with E-state index in [1.165, 1.54) is 0 Å². The lowest BCUT2D eigenvalue weighted by Crippen LogP contribution is -2.27. The van der Waals surface area contributed by atoms with Crippen LogP contribution in [-0.4, -0.2) is 16.1 Å². The van der Waals surface area contributed by atoms with E-state index >= 15 is 0 Å². The molecule has 2 atom stereocenters. The van der Waals surface area contributed by atoms with E-state index < -0.39 is 0 Å². The van der Waals surface area contributed by atoms with E-state index in [2.05, 4.69) is 22.6 Å². The van der Waals surface area contributed by atoms with Crippen molar-refractivity contribution in [1.29, 1.82) is 0 Å². The topological polar surface area (TPSA) is 45.1 Å². The maximum atomic E-state index is 10.0. The Morgan fingerprint density at radius 2 is 2.28 bits per heavy atom. The van der Waals surface area contributed by atoms with E-state index in [-0.39, 0.29) is 12.1 Å². The molecule has 0 saturated carbocycles. The summed E-state index contributed by atoms with van der Waals surface area (Å²) in [7, 11) is 0. The first kappa shape index (κ1) is 13.7. The standard InChI is InChI=1S/C13H18N2OS2/c1-9(6-11(16)12-4-3-5-17-12)14-7-13-15-10(2)8-18-13/h3-5,8-9,11,14,16H,6-7H2,1-2H3. The summed E-state index contributed by atoms with van der Waals surface area (Å²) in [4.78, 5) is 5.44. The number of nitrogens with zero attached hydrogens (tertiary/aromatic N) is 1. The minimum absolute atomic E-state index is 0.270. The van der Waals surface area contributed by atoms with Crippen molar-refractivity contribution in [3.8, 4) is 0 Å². The van der Waals surface area contributed by atoms with Gasteiger partial charge in [-0.05, 0) is 31.7 Å². The van der Waals surface area contributed by atoms with Gasteiger partial charge in [-0.1, -0.05) is 6.07 Å². The van der Waals surface area contributed by atoms with Crippen LogP contribution in [0.1, 0.15) is 35.0 Å². The van der Waals surface area contributed by atoms with Crippen LogP contribution in [0.25, 0.3) is 0 Å². The predicted molar refractivity (Wildman–Crippen MR) is 77.0 cm³/mol. The third-order valence-electron chi connectivity index (χ3n) is 2.72. The number of aromatic nitrogens is 1. The Morgan fingerprint density at radius 1 is 1.44 bits per heavy atom. The number of aliphatic hydroxyl groups is 1. The zero-order valence-corrected chi connectivity index (χ0v) is 12.2. The molecule has 5 heteroatoms. The average Bonchev–Trinajstić information content (AvgIpc) is 2.97. The molecule has 0 saturated heterocycles. The predicted octanol–water partition coefficient (Wildman–Crippen LogP) is 3.11.